The highest BCUT2D eigenvalue weighted by molar-refractivity contribution is 9.10. The average molecular weight is 489 g/mol. The van der Waals surface area contributed by atoms with Gasteiger partial charge < -0.3 is 9.88 Å². The first kappa shape index (κ1) is 21.2. The molecule has 1 amide bonds. The van der Waals surface area contributed by atoms with Crippen LogP contribution in [0.2, 0.25) is 10.0 Å². The van der Waals surface area contributed by atoms with Crippen LogP contribution in [0, 0.1) is 25.2 Å². The molecule has 0 fully saturated rings. The molecule has 3 rings (SSSR count). The molecule has 0 unspecified atom stereocenters. The van der Waals surface area contributed by atoms with Gasteiger partial charge in [-0.15, -0.1) is 0 Å². The third kappa shape index (κ3) is 4.73. The number of benzene rings is 2. The molecule has 1 aromatic heterocycles. The number of nitriles is 1. The Morgan fingerprint density at radius 1 is 1.17 bits per heavy atom. The molecule has 3 aromatic rings. The number of carbonyl (C=O) groups excluding carboxylic acids is 1. The number of nitrogens with zero attached hydrogens (tertiary/aromatic N) is 2. The Morgan fingerprint density at radius 3 is 2.62 bits per heavy atom. The summed E-state index contributed by atoms with van der Waals surface area (Å²) in [5.74, 6) is -0.476. The van der Waals surface area contributed by atoms with Crippen LogP contribution in [0.3, 0.4) is 0 Å². The maximum atomic E-state index is 12.6. The zero-order valence-corrected chi connectivity index (χ0v) is 18.7. The SMILES string of the molecule is Cc1cc(/C=C(/C#N)C(=O)Nc2cccc(Br)c2)c(C)n1-c1cc(Cl)ccc1Cl. The van der Waals surface area contributed by atoms with Gasteiger partial charge in [-0.3, -0.25) is 4.79 Å². The number of aryl methyl sites for hydroxylation is 1. The first-order valence-electron chi connectivity index (χ1n) is 8.63. The second kappa shape index (κ2) is 8.87. The lowest BCUT2D eigenvalue weighted by molar-refractivity contribution is -0.112. The molecule has 0 spiro atoms. The average Bonchev–Trinajstić information content (AvgIpc) is 2.95. The van der Waals surface area contributed by atoms with Crippen molar-refractivity contribution in [2.24, 2.45) is 0 Å². The second-order valence-corrected chi connectivity index (χ2v) is 8.15. The fourth-order valence-electron chi connectivity index (χ4n) is 3.03. The van der Waals surface area contributed by atoms with Gasteiger partial charge in [-0.1, -0.05) is 45.2 Å². The van der Waals surface area contributed by atoms with E-state index in [0.717, 1.165) is 27.1 Å². The van der Waals surface area contributed by atoms with Crippen molar-refractivity contribution >= 4 is 56.8 Å². The van der Waals surface area contributed by atoms with E-state index in [2.05, 4.69) is 21.2 Å². The smallest absolute Gasteiger partial charge is 0.266 e. The van der Waals surface area contributed by atoms with Gasteiger partial charge >= 0.3 is 0 Å². The molecule has 2 aromatic carbocycles. The normalized spacial score (nSPS) is 11.2. The predicted octanol–water partition coefficient (Wildman–Crippen LogP) is 6.71. The molecule has 29 heavy (non-hydrogen) atoms. The standard InChI is InChI=1S/C22H16BrCl2N3O/c1-13-8-15(14(2)28(13)21-11-18(24)6-7-20(21)25)9-16(12-26)22(29)27-19-5-3-4-17(23)10-19/h3-11H,1-2H3,(H,27,29)/b16-9-. The van der Waals surface area contributed by atoms with E-state index in [-0.39, 0.29) is 5.57 Å². The zero-order valence-electron chi connectivity index (χ0n) is 15.6. The molecular weight excluding hydrogens is 473 g/mol. The first-order chi connectivity index (χ1) is 13.8. The van der Waals surface area contributed by atoms with Crippen LogP contribution in [0.15, 0.2) is 58.6 Å². The fourth-order valence-corrected chi connectivity index (χ4v) is 3.80. The van der Waals surface area contributed by atoms with Gasteiger partial charge in [0, 0.05) is 26.6 Å². The molecule has 1 heterocycles. The summed E-state index contributed by atoms with van der Waals surface area (Å²) >= 11 is 15.8. The van der Waals surface area contributed by atoms with Gasteiger partial charge in [0.15, 0.2) is 0 Å². The Balaban J connectivity index is 1.98. The summed E-state index contributed by atoms with van der Waals surface area (Å²) in [7, 11) is 0. The number of hydrogen-bond donors (Lipinski definition) is 1. The van der Waals surface area contributed by atoms with Gasteiger partial charge in [-0.05, 0) is 68.0 Å². The van der Waals surface area contributed by atoms with Crippen molar-refractivity contribution < 1.29 is 4.79 Å². The minimum absolute atomic E-state index is 0.00224. The Kier molecular flexibility index (Phi) is 6.49. The van der Waals surface area contributed by atoms with Crippen LogP contribution in [0.5, 0.6) is 0 Å². The Morgan fingerprint density at radius 2 is 1.93 bits per heavy atom. The largest absolute Gasteiger partial charge is 0.321 e. The minimum atomic E-state index is -0.476. The van der Waals surface area contributed by atoms with Gasteiger partial charge in [0.1, 0.15) is 11.6 Å². The lowest BCUT2D eigenvalue weighted by Crippen LogP contribution is -2.13. The summed E-state index contributed by atoms with van der Waals surface area (Å²) in [5, 5.41) is 13.4. The molecule has 4 nitrogen and oxygen atoms in total. The number of carbonyl (C=O) groups is 1. The highest BCUT2D eigenvalue weighted by atomic mass is 79.9. The number of anilines is 1. The van der Waals surface area contributed by atoms with Crippen molar-refractivity contribution in [3.8, 4) is 11.8 Å². The lowest BCUT2D eigenvalue weighted by atomic mass is 10.1. The van der Waals surface area contributed by atoms with Crippen molar-refractivity contribution in [3.63, 3.8) is 0 Å². The number of halogens is 3. The van der Waals surface area contributed by atoms with Gasteiger partial charge in [-0.2, -0.15) is 5.26 Å². The zero-order chi connectivity index (χ0) is 21.1. The molecular formula is C22H16BrCl2N3O. The summed E-state index contributed by atoms with van der Waals surface area (Å²) in [6, 6.07) is 16.3. The van der Waals surface area contributed by atoms with Crippen LogP contribution in [0.25, 0.3) is 11.8 Å². The fraction of sp³-hybridized carbons (Fsp3) is 0.0909. The summed E-state index contributed by atoms with van der Waals surface area (Å²) < 4.78 is 2.78. The minimum Gasteiger partial charge on any atom is -0.321 e. The van der Waals surface area contributed by atoms with E-state index in [1.165, 1.54) is 0 Å². The third-order valence-electron chi connectivity index (χ3n) is 4.37. The van der Waals surface area contributed by atoms with Crippen LogP contribution >= 0.6 is 39.1 Å². The van der Waals surface area contributed by atoms with E-state index in [9.17, 15) is 10.1 Å². The molecule has 0 aliphatic heterocycles. The Bertz CT molecular complexity index is 1180. The van der Waals surface area contributed by atoms with E-state index < -0.39 is 5.91 Å². The first-order valence-corrected chi connectivity index (χ1v) is 10.2. The number of aromatic nitrogens is 1. The Hall–Kier alpha value is -2.52. The third-order valence-corrected chi connectivity index (χ3v) is 5.41. The van der Waals surface area contributed by atoms with E-state index in [4.69, 9.17) is 23.2 Å². The van der Waals surface area contributed by atoms with Gasteiger partial charge in [0.25, 0.3) is 5.91 Å². The highest BCUT2D eigenvalue weighted by Gasteiger charge is 2.15. The molecule has 0 atom stereocenters. The summed E-state index contributed by atoms with van der Waals surface area (Å²) in [6.45, 7) is 3.83. The van der Waals surface area contributed by atoms with Gasteiger partial charge in [-0.25, -0.2) is 0 Å². The Labute approximate surface area is 187 Å². The number of nitrogens with one attached hydrogen (secondary N) is 1. The van der Waals surface area contributed by atoms with Gasteiger partial charge in [0.05, 0.1) is 10.7 Å². The number of rotatable bonds is 4. The molecule has 0 aliphatic carbocycles. The highest BCUT2D eigenvalue weighted by Crippen LogP contribution is 2.30. The van der Waals surface area contributed by atoms with Crippen LogP contribution in [-0.4, -0.2) is 10.5 Å². The van der Waals surface area contributed by atoms with Crippen LogP contribution in [0.1, 0.15) is 17.0 Å². The maximum absolute atomic E-state index is 12.6. The van der Waals surface area contributed by atoms with Crippen LogP contribution in [0.4, 0.5) is 5.69 Å². The van der Waals surface area contributed by atoms with E-state index >= 15 is 0 Å². The van der Waals surface area contributed by atoms with Crippen molar-refractivity contribution in [1.82, 2.24) is 4.57 Å². The lowest BCUT2D eigenvalue weighted by Gasteiger charge is -2.12. The number of hydrogen-bond acceptors (Lipinski definition) is 2. The van der Waals surface area contributed by atoms with Crippen LogP contribution in [-0.2, 0) is 4.79 Å². The molecule has 0 bridgehead atoms. The molecule has 0 radical (unpaired) electrons. The van der Waals surface area contributed by atoms with E-state index in [1.807, 2.05) is 36.6 Å². The van der Waals surface area contributed by atoms with E-state index in [0.29, 0.717) is 15.7 Å². The predicted molar refractivity (Wildman–Crippen MR) is 122 cm³/mol. The number of amides is 1. The molecule has 0 saturated carbocycles. The maximum Gasteiger partial charge on any atom is 0.266 e. The summed E-state index contributed by atoms with van der Waals surface area (Å²) in [6.07, 6.45) is 1.57. The molecule has 146 valence electrons. The van der Waals surface area contributed by atoms with E-state index in [1.54, 1.807) is 42.5 Å². The van der Waals surface area contributed by atoms with Gasteiger partial charge in [0.2, 0.25) is 0 Å². The quantitative estimate of drug-likeness (QED) is 0.327. The molecule has 0 aliphatic rings. The second-order valence-electron chi connectivity index (χ2n) is 6.39. The summed E-state index contributed by atoms with van der Waals surface area (Å²) in [4.78, 5) is 12.6. The van der Waals surface area contributed by atoms with Crippen molar-refractivity contribution in [3.05, 3.63) is 85.6 Å². The molecule has 7 heteroatoms. The van der Waals surface area contributed by atoms with Crippen molar-refractivity contribution in [2.45, 2.75) is 13.8 Å². The monoisotopic (exact) mass is 487 g/mol. The van der Waals surface area contributed by atoms with Crippen molar-refractivity contribution in [1.29, 1.82) is 5.26 Å². The topological polar surface area (TPSA) is 57.8 Å². The molecule has 0 saturated heterocycles. The molecule has 1 N–H and O–H groups in total. The summed E-state index contributed by atoms with van der Waals surface area (Å²) in [5.41, 5.74) is 3.84. The van der Waals surface area contributed by atoms with Crippen LogP contribution < -0.4 is 5.32 Å². The van der Waals surface area contributed by atoms with Crippen molar-refractivity contribution in [2.75, 3.05) is 5.32 Å².